The van der Waals surface area contributed by atoms with E-state index in [1.165, 1.54) is 11.2 Å². The SMILES string of the molecule is Cc1nn(-c2ccccc2)c(C)c1C(=O)C(=O)N(C)Cc1ccco1. The van der Waals surface area contributed by atoms with Gasteiger partial charge in [0.2, 0.25) is 0 Å². The minimum atomic E-state index is -0.588. The number of carbonyl (C=O) groups is 2. The van der Waals surface area contributed by atoms with Crippen molar-refractivity contribution in [3.63, 3.8) is 0 Å². The lowest BCUT2D eigenvalue weighted by molar-refractivity contribution is -0.125. The third kappa shape index (κ3) is 3.24. The zero-order valence-electron chi connectivity index (χ0n) is 14.4. The number of amides is 1. The van der Waals surface area contributed by atoms with E-state index in [-0.39, 0.29) is 6.54 Å². The van der Waals surface area contributed by atoms with E-state index < -0.39 is 11.7 Å². The van der Waals surface area contributed by atoms with Crippen LogP contribution in [0, 0.1) is 13.8 Å². The predicted octanol–water partition coefficient (Wildman–Crippen LogP) is 2.92. The standard InChI is InChI=1S/C19H19N3O3/c1-13-17(14(2)22(20-13)15-8-5-4-6-9-15)18(23)19(24)21(3)12-16-10-7-11-25-16/h4-11H,12H2,1-3H3. The number of likely N-dealkylation sites (N-methyl/N-ethyl adjacent to an activating group) is 1. The number of hydrogen-bond donors (Lipinski definition) is 0. The van der Waals surface area contributed by atoms with Crippen molar-refractivity contribution in [1.82, 2.24) is 14.7 Å². The second-order valence-corrected chi connectivity index (χ2v) is 5.86. The summed E-state index contributed by atoms with van der Waals surface area (Å²) >= 11 is 0. The molecule has 3 rings (SSSR count). The van der Waals surface area contributed by atoms with Gasteiger partial charge in [0.25, 0.3) is 11.7 Å². The van der Waals surface area contributed by atoms with Crippen molar-refractivity contribution < 1.29 is 14.0 Å². The molecule has 0 aliphatic carbocycles. The fraction of sp³-hybridized carbons (Fsp3) is 0.211. The normalized spacial score (nSPS) is 10.7. The van der Waals surface area contributed by atoms with E-state index in [9.17, 15) is 9.59 Å². The molecule has 0 N–H and O–H groups in total. The quantitative estimate of drug-likeness (QED) is 0.530. The number of Topliss-reactive ketones (excluding diaryl/α,β-unsaturated/α-hetero) is 1. The molecule has 1 amide bonds. The van der Waals surface area contributed by atoms with E-state index in [0.717, 1.165) is 5.69 Å². The monoisotopic (exact) mass is 337 g/mol. The first-order valence-electron chi connectivity index (χ1n) is 7.93. The smallest absolute Gasteiger partial charge is 0.295 e. The van der Waals surface area contributed by atoms with Gasteiger partial charge in [0.1, 0.15) is 5.76 Å². The van der Waals surface area contributed by atoms with Crippen LogP contribution in [0.2, 0.25) is 0 Å². The molecule has 0 aliphatic heterocycles. The Labute approximate surface area is 145 Å². The maximum Gasteiger partial charge on any atom is 0.295 e. The van der Waals surface area contributed by atoms with Crippen LogP contribution in [0.4, 0.5) is 0 Å². The summed E-state index contributed by atoms with van der Waals surface area (Å²) in [6.45, 7) is 3.77. The molecule has 3 aromatic rings. The molecule has 0 saturated heterocycles. The molecule has 0 saturated carbocycles. The largest absolute Gasteiger partial charge is 0.467 e. The first-order valence-corrected chi connectivity index (χ1v) is 7.93. The van der Waals surface area contributed by atoms with Crippen molar-refractivity contribution in [3.8, 4) is 5.69 Å². The topological polar surface area (TPSA) is 68.3 Å². The summed E-state index contributed by atoms with van der Waals surface area (Å²) in [6.07, 6.45) is 1.54. The van der Waals surface area contributed by atoms with Crippen molar-refractivity contribution in [1.29, 1.82) is 0 Å². The Bertz CT molecular complexity index is 896. The first kappa shape index (κ1) is 16.7. The number of furan rings is 1. The summed E-state index contributed by atoms with van der Waals surface area (Å²) in [6, 6.07) is 13.0. The molecule has 25 heavy (non-hydrogen) atoms. The van der Waals surface area contributed by atoms with Gasteiger partial charge in [0.15, 0.2) is 0 Å². The molecule has 0 atom stereocenters. The van der Waals surface area contributed by atoms with Gasteiger partial charge in [-0.15, -0.1) is 0 Å². The number of aryl methyl sites for hydroxylation is 1. The lowest BCUT2D eigenvalue weighted by Crippen LogP contribution is -2.33. The van der Waals surface area contributed by atoms with Crippen molar-refractivity contribution in [2.75, 3.05) is 7.05 Å². The molecule has 1 aromatic carbocycles. The van der Waals surface area contributed by atoms with Gasteiger partial charge in [-0.05, 0) is 38.1 Å². The van der Waals surface area contributed by atoms with E-state index in [4.69, 9.17) is 4.42 Å². The molecule has 0 radical (unpaired) electrons. The van der Waals surface area contributed by atoms with Crippen LogP contribution in [0.15, 0.2) is 53.1 Å². The third-order valence-electron chi connectivity index (χ3n) is 4.03. The highest BCUT2D eigenvalue weighted by molar-refractivity contribution is 6.43. The van der Waals surface area contributed by atoms with Crippen LogP contribution >= 0.6 is 0 Å². The zero-order valence-corrected chi connectivity index (χ0v) is 14.4. The van der Waals surface area contributed by atoms with Crippen LogP contribution in [0.3, 0.4) is 0 Å². The molecular weight excluding hydrogens is 318 g/mol. The zero-order chi connectivity index (χ0) is 18.0. The fourth-order valence-electron chi connectivity index (χ4n) is 2.78. The molecule has 2 heterocycles. The van der Waals surface area contributed by atoms with Crippen molar-refractivity contribution >= 4 is 11.7 Å². The molecule has 0 fully saturated rings. The minimum Gasteiger partial charge on any atom is -0.467 e. The highest BCUT2D eigenvalue weighted by atomic mass is 16.3. The van der Waals surface area contributed by atoms with Gasteiger partial charge in [-0.3, -0.25) is 9.59 Å². The Morgan fingerprint density at radius 1 is 1.12 bits per heavy atom. The number of aromatic nitrogens is 2. The van der Waals surface area contributed by atoms with Gasteiger partial charge in [-0.2, -0.15) is 5.10 Å². The molecule has 6 heteroatoms. The fourth-order valence-corrected chi connectivity index (χ4v) is 2.78. The van der Waals surface area contributed by atoms with E-state index in [0.29, 0.717) is 22.7 Å². The number of nitrogens with zero attached hydrogens (tertiary/aromatic N) is 3. The highest BCUT2D eigenvalue weighted by Gasteiger charge is 2.27. The van der Waals surface area contributed by atoms with Crippen LogP contribution in [-0.4, -0.2) is 33.4 Å². The Morgan fingerprint density at radius 3 is 2.48 bits per heavy atom. The average molecular weight is 337 g/mol. The van der Waals surface area contributed by atoms with Gasteiger partial charge in [0, 0.05) is 7.05 Å². The summed E-state index contributed by atoms with van der Waals surface area (Å²) in [5.74, 6) is -0.529. The number of para-hydroxylation sites is 1. The molecule has 0 aliphatic rings. The summed E-state index contributed by atoms with van der Waals surface area (Å²) in [7, 11) is 1.58. The second kappa shape index (κ2) is 6.76. The molecule has 0 unspecified atom stereocenters. The number of ketones is 1. The maximum atomic E-state index is 12.7. The summed E-state index contributed by atoms with van der Waals surface area (Å²) in [4.78, 5) is 26.6. The van der Waals surface area contributed by atoms with Gasteiger partial charge in [0.05, 0.1) is 35.4 Å². The van der Waals surface area contributed by atoms with E-state index >= 15 is 0 Å². The molecular formula is C19H19N3O3. The van der Waals surface area contributed by atoms with Crippen LogP contribution < -0.4 is 0 Å². The Balaban J connectivity index is 1.87. The molecule has 0 bridgehead atoms. The second-order valence-electron chi connectivity index (χ2n) is 5.86. The van der Waals surface area contributed by atoms with Crippen molar-refractivity contribution in [3.05, 3.63) is 71.4 Å². The molecule has 0 spiro atoms. The van der Waals surface area contributed by atoms with Crippen LogP contribution in [0.5, 0.6) is 0 Å². The van der Waals surface area contributed by atoms with Crippen LogP contribution in [0.1, 0.15) is 27.5 Å². The van der Waals surface area contributed by atoms with Crippen molar-refractivity contribution in [2.45, 2.75) is 20.4 Å². The maximum absolute atomic E-state index is 12.7. The predicted molar refractivity (Wildman–Crippen MR) is 92.6 cm³/mol. The first-order chi connectivity index (χ1) is 12.0. The van der Waals surface area contributed by atoms with E-state index in [1.54, 1.807) is 37.7 Å². The summed E-state index contributed by atoms with van der Waals surface area (Å²) in [5.41, 5.74) is 2.37. The number of hydrogen-bond acceptors (Lipinski definition) is 4. The number of benzene rings is 1. The molecule has 2 aromatic heterocycles. The summed E-state index contributed by atoms with van der Waals surface area (Å²) < 4.78 is 6.91. The van der Waals surface area contributed by atoms with Crippen molar-refractivity contribution in [2.24, 2.45) is 0 Å². The van der Waals surface area contributed by atoms with Crippen LogP contribution in [-0.2, 0) is 11.3 Å². The van der Waals surface area contributed by atoms with Gasteiger partial charge in [-0.1, -0.05) is 18.2 Å². The van der Waals surface area contributed by atoms with Crippen LogP contribution in [0.25, 0.3) is 5.69 Å². The summed E-state index contributed by atoms with van der Waals surface area (Å²) in [5, 5.41) is 4.43. The molecule has 128 valence electrons. The Morgan fingerprint density at radius 2 is 1.84 bits per heavy atom. The lowest BCUT2D eigenvalue weighted by atomic mass is 10.1. The highest BCUT2D eigenvalue weighted by Crippen LogP contribution is 2.19. The third-order valence-corrected chi connectivity index (χ3v) is 4.03. The minimum absolute atomic E-state index is 0.239. The molecule has 6 nitrogen and oxygen atoms in total. The average Bonchev–Trinajstić information content (AvgIpc) is 3.22. The van der Waals surface area contributed by atoms with Gasteiger partial charge >= 0.3 is 0 Å². The number of carbonyl (C=O) groups excluding carboxylic acids is 2. The lowest BCUT2D eigenvalue weighted by Gasteiger charge is -2.14. The van der Waals surface area contributed by atoms with E-state index in [2.05, 4.69) is 5.10 Å². The van der Waals surface area contributed by atoms with Gasteiger partial charge < -0.3 is 9.32 Å². The van der Waals surface area contributed by atoms with Gasteiger partial charge in [-0.25, -0.2) is 4.68 Å². The Hall–Kier alpha value is -3.15. The van der Waals surface area contributed by atoms with E-state index in [1.807, 2.05) is 30.3 Å². The number of rotatable bonds is 5. The Kier molecular flexibility index (Phi) is 4.52.